The first-order valence-electron chi connectivity index (χ1n) is 10.3. The van der Waals surface area contributed by atoms with Gasteiger partial charge in [-0.3, -0.25) is 0 Å². The van der Waals surface area contributed by atoms with E-state index in [0.29, 0.717) is 35.4 Å². The number of nitrogens with zero attached hydrogens (tertiary/aromatic N) is 4. The molecule has 0 atom stereocenters. The van der Waals surface area contributed by atoms with Crippen LogP contribution in [0.2, 0.25) is 0 Å². The summed E-state index contributed by atoms with van der Waals surface area (Å²) in [6, 6.07) is 10.2. The van der Waals surface area contributed by atoms with Crippen LogP contribution in [0.1, 0.15) is 43.5 Å². The number of aryl methyl sites for hydroxylation is 1. The van der Waals surface area contributed by atoms with Gasteiger partial charge in [0, 0.05) is 19.1 Å². The molecule has 0 aliphatic carbocycles. The molecule has 1 aromatic heterocycles. The van der Waals surface area contributed by atoms with Crippen molar-refractivity contribution in [2.75, 3.05) is 26.2 Å². The molecule has 0 saturated carbocycles. The normalized spacial score (nSPS) is 20.5. The van der Waals surface area contributed by atoms with Gasteiger partial charge in [-0.05, 0) is 64.8 Å². The van der Waals surface area contributed by atoms with Gasteiger partial charge in [0.05, 0.1) is 17.1 Å². The summed E-state index contributed by atoms with van der Waals surface area (Å²) >= 11 is 0. The number of sulfonamides is 1. The molecule has 0 radical (unpaired) electrons. The molecule has 0 spiro atoms. The van der Waals surface area contributed by atoms with Gasteiger partial charge in [0.2, 0.25) is 10.0 Å². The minimum Gasteiger partial charge on any atom is -0.300 e. The molecule has 0 amide bonds. The van der Waals surface area contributed by atoms with Crippen LogP contribution in [0.4, 0.5) is 0 Å². The Balaban J connectivity index is 1.54. The smallest absolute Gasteiger partial charge is 0.246 e. The van der Waals surface area contributed by atoms with Gasteiger partial charge >= 0.3 is 0 Å². The zero-order valence-electron chi connectivity index (χ0n) is 16.8. The fraction of sp³-hybridized carbons (Fsp3) is 0.571. The van der Waals surface area contributed by atoms with Crippen LogP contribution < -0.4 is 0 Å². The van der Waals surface area contributed by atoms with Crippen LogP contribution in [0.3, 0.4) is 0 Å². The first-order valence-corrected chi connectivity index (χ1v) is 11.8. The Labute approximate surface area is 168 Å². The average molecular weight is 403 g/mol. The van der Waals surface area contributed by atoms with Crippen molar-refractivity contribution >= 4 is 10.0 Å². The van der Waals surface area contributed by atoms with Crippen LogP contribution in [0.5, 0.6) is 0 Å². The van der Waals surface area contributed by atoms with Crippen LogP contribution in [0.15, 0.2) is 35.2 Å². The minimum absolute atomic E-state index is 0.368. The van der Waals surface area contributed by atoms with E-state index in [9.17, 15) is 8.42 Å². The zero-order chi connectivity index (χ0) is 19.7. The molecule has 0 N–H and O–H groups in total. The van der Waals surface area contributed by atoms with E-state index < -0.39 is 10.0 Å². The lowest BCUT2D eigenvalue weighted by atomic mass is 10.0. The van der Waals surface area contributed by atoms with Crippen LogP contribution in [0.25, 0.3) is 5.69 Å². The molecular formula is C21H30N4O2S. The Morgan fingerprint density at radius 1 is 0.929 bits per heavy atom. The van der Waals surface area contributed by atoms with Gasteiger partial charge < -0.3 is 4.90 Å². The Morgan fingerprint density at radius 3 is 2.21 bits per heavy atom. The Morgan fingerprint density at radius 2 is 1.57 bits per heavy atom. The van der Waals surface area contributed by atoms with E-state index >= 15 is 0 Å². The summed E-state index contributed by atoms with van der Waals surface area (Å²) in [7, 11) is -3.53. The van der Waals surface area contributed by atoms with Gasteiger partial charge in [0.25, 0.3) is 0 Å². The molecule has 4 rings (SSSR count). The van der Waals surface area contributed by atoms with E-state index in [1.807, 2.05) is 37.3 Å². The second-order valence-corrected chi connectivity index (χ2v) is 9.85. The van der Waals surface area contributed by atoms with Gasteiger partial charge in [0.15, 0.2) is 0 Å². The Bertz CT molecular complexity index is 909. The van der Waals surface area contributed by atoms with Crippen molar-refractivity contribution in [3.05, 3.63) is 41.7 Å². The molecule has 0 unspecified atom stereocenters. The lowest BCUT2D eigenvalue weighted by molar-refractivity contribution is 0.118. The lowest BCUT2D eigenvalue weighted by Gasteiger charge is -2.39. The third-order valence-electron chi connectivity index (χ3n) is 6.15. The van der Waals surface area contributed by atoms with Crippen molar-refractivity contribution in [2.45, 2.75) is 56.9 Å². The highest BCUT2D eigenvalue weighted by molar-refractivity contribution is 7.89. The minimum atomic E-state index is -3.53. The fourth-order valence-corrected chi connectivity index (χ4v) is 6.51. The summed E-state index contributed by atoms with van der Waals surface area (Å²) in [6.45, 7) is 7.16. The summed E-state index contributed by atoms with van der Waals surface area (Å²) in [5.74, 6) is 0. The number of aromatic nitrogens is 2. The van der Waals surface area contributed by atoms with Crippen molar-refractivity contribution in [2.24, 2.45) is 0 Å². The molecule has 28 heavy (non-hydrogen) atoms. The average Bonchev–Trinajstić information content (AvgIpc) is 3.04. The highest BCUT2D eigenvalue weighted by Gasteiger charge is 2.35. The van der Waals surface area contributed by atoms with Crippen LogP contribution in [0, 0.1) is 13.8 Å². The fourth-order valence-electron chi connectivity index (χ4n) is 4.68. The SMILES string of the molecule is Cc1nn(-c2ccccc2)c(C)c1S(=O)(=O)N1CCC(N2CCCCC2)CC1. The largest absolute Gasteiger partial charge is 0.300 e. The topological polar surface area (TPSA) is 58.4 Å². The summed E-state index contributed by atoms with van der Waals surface area (Å²) in [4.78, 5) is 2.94. The predicted molar refractivity (Wildman–Crippen MR) is 110 cm³/mol. The molecule has 7 heteroatoms. The van der Waals surface area contributed by atoms with Crippen molar-refractivity contribution in [3.63, 3.8) is 0 Å². The van der Waals surface area contributed by atoms with E-state index in [4.69, 9.17) is 0 Å². The lowest BCUT2D eigenvalue weighted by Crippen LogP contribution is -2.48. The number of para-hydroxylation sites is 1. The highest BCUT2D eigenvalue weighted by atomic mass is 32.2. The summed E-state index contributed by atoms with van der Waals surface area (Å²) in [6.07, 6.45) is 5.72. The van der Waals surface area contributed by atoms with Gasteiger partial charge in [0.1, 0.15) is 4.90 Å². The number of likely N-dealkylation sites (tertiary alicyclic amines) is 1. The van der Waals surface area contributed by atoms with Gasteiger partial charge in [-0.1, -0.05) is 24.6 Å². The van der Waals surface area contributed by atoms with Crippen molar-refractivity contribution in [3.8, 4) is 5.69 Å². The van der Waals surface area contributed by atoms with Crippen LogP contribution in [-0.2, 0) is 10.0 Å². The number of piperidine rings is 2. The quantitative estimate of drug-likeness (QED) is 0.788. The maximum Gasteiger partial charge on any atom is 0.246 e. The molecule has 152 valence electrons. The maximum absolute atomic E-state index is 13.4. The second kappa shape index (κ2) is 7.97. The molecule has 2 aromatic rings. The van der Waals surface area contributed by atoms with E-state index in [1.165, 1.54) is 32.4 Å². The van der Waals surface area contributed by atoms with Crippen molar-refractivity contribution in [1.29, 1.82) is 0 Å². The van der Waals surface area contributed by atoms with E-state index in [1.54, 1.807) is 15.9 Å². The van der Waals surface area contributed by atoms with E-state index in [2.05, 4.69) is 10.00 Å². The van der Waals surface area contributed by atoms with E-state index in [0.717, 1.165) is 18.5 Å². The standard InChI is InChI=1S/C21H30N4O2S/c1-17-21(18(2)25(22-17)20-9-5-3-6-10-20)28(26,27)24-15-11-19(12-16-24)23-13-7-4-8-14-23/h3,5-6,9-10,19H,4,7-8,11-16H2,1-2H3. The van der Waals surface area contributed by atoms with Crippen LogP contribution >= 0.6 is 0 Å². The number of hydrogen-bond acceptors (Lipinski definition) is 4. The maximum atomic E-state index is 13.4. The molecule has 0 bridgehead atoms. The second-order valence-electron chi connectivity index (χ2n) is 7.98. The molecule has 1 aromatic carbocycles. The van der Waals surface area contributed by atoms with Gasteiger partial charge in [-0.25, -0.2) is 13.1 Å². The van der Waals surface area contributed by atoms with Gasteiger partial charge in [-0.15, -0.1) is 0 Å². The number of rotatable bonds is 4. The summed E-state index contributed by atoms with van der Waals surface area (Å²) in [5, 5.41) is 4.53. The summed E-state index contributed by atoms with van der Waals surface area (Å²) < 4.78 is 30.2. The molecule has 2 aliphatic heterocycles. The molecule has 3 heterocycles. The number of benzene rings is 1. The third-order valence-corrected chi connectivity index (χ3v) is 8.31. The molecule has 2 saturated heterocycles. The van der Waals surface area contributed by atoms with Gasteiger partial charge in [-0.2, -0.15) is 9.40 Å². The van der Waals surface area contributed by atoms with E-state index in [-0.39, 0.29) is 0 Å². The predicted octanol–water partition coefficient (Wildman–Crippen LogP) is 3.13. The monoisotopic (exact) mass is 402 g/mol. The van der Waals surface area contributed by atoms with Crippen LogP contribution in [-0.4, -0.2) is 59.6 Å². The highest BCUT2D eigenvalue weighted by Crippen LogP contribution is 2.29. The Kier molecular flexibility index (Phi) is 5.58. The number of hydrogen-bond donors (Lipinski definition) is 0. The van der Waals surface area contributed by atoms with Crippen molar-refractivity contribution < 1.29 is 8.42 Å². The molecule has 6 nitrogen and oxygen atoms in total. The summed E-state index contributed by atoms with van der Waals surface area (Å²) in [5.41, 5.74) is 2.13. The molecule has 2 fully saturated rings. The molecule has 2 aliphatic rings. The Hall–Kier alpha value is -1.70. The molecular weight excluding hydrogens is 372 g/mol. The first-order chi connectivity index (χ1) is 13.5. The first kappa shape index (κ1) is 19.6. The third kappa shape index (κ3) is 3.63. The zero-order valence-corrected chi connectivity index (χ0v) is 17.7. The van der Waals surface area contributed by atoms with Crippen molar-refractivity contribution in [1.82, 2.24) is 19.0 Å².